The summed E-state index contributed by atoms with van der Waals surface area (Å²) in [6.45, 7) is 7.69. The molecule has 1 aromatic carbocycles. The standard InChI is InChI=1S/C17H23BrF4O2S/c1-14(2,3)25(24)9-16(6,17(21,22)15(4,5)23)10-7-11(18)13(20)8-12(10)19/h7-8,23H,9H2,1-6H3/t16-,25+/m1/s1. The number of benzene rings is 1. The molecule has 0 aliphatic heterocycles. The summed E-state index contributed by atoms with van der Waals surface area (Å²) in [5.41, 5.74) is -5.36. The van der Waals surface area contributed by atoms with Gasteiger partial charge < -0.3 is 5.11 Å². The van der Waals surface area contributed by atoms with Gasteiger partial charge in [-0.15, -0.1) is 0 Å². The maximum atomic E-state index is 15.2. The molecule has 144 valence electrons. The van der Waals surface area contributed by atoms with Gasteiger partial charge in [-0.25, -0.2) is 17.6 Å². The Morgan fingerprint density at radius 3 is 1.92 bits per heavy atom. The van der Waals surface area contributed by atoms with Crippen molar-refractivity contribution in [1.29, 1.82) is 0 Å². The lowest BCUT2D eigenvalue weighted by atomic mass is 9.72. The van der Waals surface area contributed by atoms with Gasteiger partial charge in [-0.1, -0.05) is 0 Å². The summed E-state index contributed by atoms with van der Waals surface area (Å²) >= 11 is 2.87. The van der Waals surface area contributed by atoms with Crippen LogP contribution in [-0.2, 0) is 16.2 Å². The Bertz CT molecular complexity index is 680. The summed E-state index contributed by atoms with van der Waals surface area (Å²) in [5, 5.41) is 10.0. The molecule has 8 heteroatoms. The van der Waals surface area contributed by atoms with Crippen LogP contribution in [0, 0.1) is 11.6 Å². The third-order valence-electron chi connectivity index (χ3n) is 4.17. The summed E-state index contributed by atoms with van der Waals surface area (Å²) in [5.74, 6) is -6.58. The normalized spacial score (nSPS) is 17.3. The first kappa shape index (κ1) is 22.6. The van der Waals surface area contributed by atoms with E-state index in [-0.39, 0.29) is 4.47 Å². The molecule has 0 aliphatic rings. The highest BCUT2D eigenvalue weighted by atomic mass is 79.9. The summed E-state index contributed by atoms with van der Waals surface area (Å²) in [6, 6.07) is 1.42. The molecule has 1 aromatic rings. The van der Waals surface area contributed by atoms with Gasteiger partial charge in [-0.3, -0.25) is 4.21 Å². The average molecular weight is 447 g/mol. The molecule has 0 fully saturated rings. The lowest BCUT2D eigenvalue weighted by molar-refractivity contribution is -0.198. The molecule has 0 aromatic heterocycles. The van der Waals surface area contributed by atoms with E-state index in [2.05, 4.69) is 15.9 Å². The van der Waals surface area contributed by atoms with Crippen LogP contribution in [0.25, 0.3) is 0 Å². The number of hydrogen-bond donors (Lipinski definition) is 1. The maximum absolute atomic E-state index is 15.2. The predicted octanol–water partition coefficient (Wildman–Crippen LogP) is 4.94. The van der Waals surface area contributed by atoms with Gasteiger partial charge in [0.05, 0.1) is 9.89 Å². The van der Waals surface area contributed by atoms with Gasteiger partial charge in [-0.05, 0) is 63.5 Å². The van der Waals surface area contributed by atoms with Crippen LogP contribution in [0.4, 0.5) is 17.6 Å². The molecule has 25 heavy (non-hydrogen) atoms. The zero-order chi connectivity index (χ0) is 20.0. The van der Waals surface area contributed by atoms with E-state index in [1.807, 2.05) is 0 Å². The van der Waals surface area contributed by atoms with E-state index in [0.29, 0.717) is 6.07 Å². The number of rotatable bonds is 5. The Morgan fingerprint density at radius 1 is 1.04 bits per heavy atom. The fourth-order valence-corrected chi connectivity index (χ4v) is 4.07. The molecule has 0 radical (unpaired) electrons. The lowest BCUT2D eigenvalue weighted by Crippen LogP contribution is -2.59. The monoisotopic (exact) mass is 446 g/mol. The van der Waals surface area contributed by atoms with E-state index in [1.54, 1.807) is 20.8 Å². The van der Waals surface area contributed by atoms with Gasteiger partial charge in [0.15, 0.2) is 0 Å². The van der Waals surface area contributed by atoms with Gasteiger partial charge >= 0.3 is 0 Å². The highest BCUT2D eigenvalue weighted by Crippen LogP contribution is 2.48. The maximum Gasteiger partial charge on any atom is 0.285 e. The van der Waals surface area contributed by atoms with Crippen molar-refractivity contribution in [3.05, 3.63) is 33.8 Å². The van der Waals surface area contributed by atoms with Gasteiger partial charge in [0.1, 0.15) is 17.2 Å². The van der Waals surface area contributed by atoms with Crippen molar-refractivity contribution in [3.63, 3.8) is 0 Å². The molecule has 2 nitrogen and oxygen atoms in total. The molecule has 0 bridgehead atoms. The minimum Gasteiger partial charge on any atom is -0.384 e. The number of alkyl halides is 2. The van der Waals surface area contributed by atoms with Crippen LogP contribution >= 0.6 is 15.9 Å². The second-order valence-electron chi connectivity index (χ2n) is 7.81. The van der Waals surface area contributed by atoms with Crippen LogP contribution < -0.4 is 0 Å². The Balaban J connectivity index is 3.71. The van der Waals surface area contributed by atoms with Crippen LogP contribution in [0.15, 0.2) is 16.6 Å². The first-order valence-corrected chi connectivity index (χ1v) is 9.70. The third kappa shape index (κ3) is 4.27. The smallest absolute Gasteiger partial charge is 0.285 e. The van der Waals surface area contributed by atoms with Crippen LogP contribution in [0.3, 0.4) is 0 Å². The summed E-state index contributed by atoms with van der Waals surface area (Å²) in [4.78, 5) is 0. The number of halogens is 5. The highest BCUT2D eigenvalue weighted by molar-refractivity contribution is 9.10. The van der Waals surface area contributed by atoms with E-state index >= 15 is 8.78 Å². The highest BCUT2D eigenvalue weighted by Gasteiger charge is 2.61. The van der Waals surface area contributed by atoms with Crippen LogP contribution in [-0.4, -0.2) is 31.3 Å². The Morgan fingerprint density at radius 2 is 1.52 bits per heavy atom. The minimum atomic E-state index is -3.85. The van der Waals surface area contributed by atoms with E-state index in [0.717, 1.165) is 26.8 Å². The minimum absolute atomic E-state index is 0.191. The molecule has 0 spiro atoms. The molecule has 2 atom stereocenters. The molecule has 1 N–H and O–H groups in total. The second kappa shape index (κ2) is 6.93. The van der Waals surface area contributed by atoms with E-state index in [4.69, 9.17) is 0 Å². The zero-order valence-corrected chi connectivity index (χ0v) is 17.4. The van der Waals surface area contributed by atoms with Crippen molar-refractivity contribution in [2.45, 2.75) is 63.2 Å². The summed E-state index contributed by atoms with van der Waals surface area (Å²) in [7, 11) is -1.78. The van der Waals surface area contributed by atoms with Crippen molar-refractivity contribution >= 4 is 26.7 Å². The van der Waals surface area contributed by atoms with Crippen molar-refractivity contribution in [2.24, 2.45) is 0 Å². The fourth-order valence-electron chi connectivity index (χ4n) is 2.44. The van der Waals surface area contributed by atoms with Crippen molar-refractivity contribution in [1.82, 2.24) is 0 Å². The van der Waals surface area contributed by atoms with Crippen molar-refractivity contribution in [3.8, 4) is 0 Å². The van der Waals surface area contributed by atoms with Crippen molar-refractivity contribution < 1.29 is 26.9 Å². The lowest BCUT2D eigenvalue weighted by Gasteiger charge is -2.44. The summed E-state index contributed by atoms with van der Waals surface area (Å²) in [6.07, 6.45) is 0. The van der Waals surface area contributed by atoms with Crippen molar-refractivity contribution in [2.75, 3.05) is 5.75 Å². The molecular formula is C17H23BrF4O2S. The Kier molecular flexibility index (Phi) is 6.25. The number of hydrogen-bond acceptors (Lipinski definition) is 2. The second-order valence-corrected chi connectivity index (χ2v) is 10.9. The van der Waals surface area contributed by atoms with E-state index in [9.17, 15) is 18.1 Å². The topological polar surface area (TPSA) is 37.3 Å². The molecule has 0 saturated carbocycles. The quantitative estimate of drug-likeness (QED) is 0.513. The fraction of sp³-hybridized carbons (Fsp3) is 0.647. The van der Waals surface area contributed by atoms with E-state index < -0.39 is 55.4 Å². The zero-order valence-electron chi connectivity index (χ0n) is 15.0. The molecule has 0 unspecified atom stereocenters. The van der Waals surface area contributed by atoms with Gasteiger partial charge in [0, 0.05) is 32.9 Å². The van der Waals surface area contributed by atoms with Crippen LogP contribution in [0.2, 0.25) is 0 Å². The molecule has 0 heterocycles. The SMILES string of the molecule is CC(C)(C)[S@@](=O)C[C@](C)(c1cc(Br)c(F)cc1F)C(F)(F)C(C)(C)O. The predicted molar refractivity (Wildman–Crippen MR) is 95.4 cm³/mol. The summed E-state index contributed by atoms with van der Waals surface area (Å²) < 4.78 is 69.9. The largest absolute Gasteiger partial charge is 0.384 e. The molecule has 1 rings (SSSR count). The molecular weight excluding hydrogens is 424 g/mol. The first-order chi connectivity index (χ1) is 10.9. The van der Waals surface area contributed by atoms with Crippen LogP contribution in [0.5, 0.6) is 0 Å². The number of aliphatic hydroxyl groups is 1. The van der Waals surface area contributed by atoms with E-state index in [1.165, 1.54) is 0 Å². The Labute approximate surface area is 156 Å². The third-order valence-corrected chi connectivity index (χ3v) is 6.98. The Hall–Kier alpha value is -0.470. The van der Waals surface area contributed by atoms with Gasteiger partial charge in [0.25, 0.3) is 5.92 Å². The molecule has 0 saturated heterocycles. The van der Waals surface area contributed by atoms with Gasteiger partial charge in [0.2, 0.25) is 0 Å². The average Bonchev–Trinajstić information content (AvgIpc) is 2.40. The first-order valence-electron chi connectivity index (χ1n) is 7.59. The van der Waals surface area contributed by atoms with Gasteiger partial charge in [-0.2, -0.15) is 0 Å². The van der Waals surface area contributed by atoms with Crippen LogP contribution in [0.1, 0.15) is 47.1 Å². The molecule has 0 aliphatic carbocycles. The molecule has 0 amide bonds.